The van der Waals surface area contributed by atoms with Gasteiger partial charge in [0.15, 0.2) is 4.34 Å². The van der Waals surface area contributed by atoms with E-state index in [2.05, 4.69) is 27.6 Å². The van der Waals surface area contributed by atoms with E-state index in [9.17, 15) is 4.79 Å². The predicted molar refractivity (Wildman–Crippen MR) is 102 cm³/mol. The summed E-state index contributed by atoms with van der Waals surface area (Å²) in [6.07, 6.45) is 1.77. The lowest BCUT2D eigenvalue weighted by atomic mass is 9.95. The Kier molecular flexibility index (Phi) is 4.55. The maximum absolute atomic E-state index is 12.7. The van der Waals surface area contributed by atoms with Crippen molar-refractivity contribution in [3.05, 3.63) is 71.8 Å². The van der Waals surface area contributed by atoms with Crippen LogP contribution in [0.25, 0.3) is 0 Å². The molecular formula is C19H17N3OS2. The third-order valence-corrected chi connectivity index (χ3v) is 6.39. The van der Waals surface area contributed by atoms with Crippen molar-refractivity contribution < 1.29 is 4.79 Å². The van der Waals surface area contributed by atoms with Crippen LogP contribution in [0.15, 0.2) is 65.0 Å². The molecule has 1 saturated carbocycles. The first-order valence-electron chi connectivity index (χ1n) is 8.13. The van der Waals surface area contributed by atoms with Gasteiger partial charge in [-0.15, -0.1) is 10.2 Å². The molecule has 1 amide bonds. The van der Waals surface area contributed by atoms with E-state index in [1.54, 1.807) is 11.8 Å². The van der Waals surface area contributed by atoms with Crippen molar-refractivity contribution >= 4 is 34.1 Å². The Balaban J connectivity index is 1.39. The highest BCUT2D eigenvalue weighted by Crippen LogP contribution is 2.49. The van der Waals surface area contributed by atoms with Crippen LogP contribution in [-0.4, -0.2) is 16.1 Å². The molecule has 0 aliphatic heterocycles. The molecule has 126 valence electrons. The highest BCUT2D eigenvalue weighted by Gasteiger charge is 2.51. The number of nitrogens with one attached hydrogen (secondary N) is 1. The first kappa shape index (κ1) is 16.3. The number of benzene rings is 2. The van der Waals surface area contributed by atoms with Crippen LogP contribution in [0.1, 0.15) is 24.0 Å². The van der Waals surface area contributed by atoms with Crippen molar-refractivity contribution in [3.63, 3.8) is 0 Å². The minimum Gasteiger partial charge on any atom is -0.300 e. The quantitative estimate of drug-likeness (QED) is 0.515. The Bertz CT molecular complexity index is 861. The number of amides is 1. The molecule has 4 rings (SSSR count). The minimum absolute atomic E-state index is 0.0226. The van der Waals surface area contributed by atoms with E-state index < -0.39 is 0 Å². The zero-order valence-electron chi connectivity index (χ0n) is 13.5. The Hall–Kier alpha value is -2.18. The van der Waals surface area contributed by atoms with Crippen molar-refractivity contribution in [2.45, 2.75) is 28.3 Å². The average molecular weight is 367 g/mol. The van der Waals surface area contributed by atoms with Crippen LogP contribution >= 0.6 is 23.1 Å². The van der Waals surface area contributed by atoms with Crippen LogP contribution in [0.4, 0.5) is 5.13 Å². The highest BCUT2D eigenvalue weighted by atomic mass is 32.2. The summed E-state index contributed by atoms with van der Waals surface area (Å²) in [4.78, 5) is 12.7. The summed E-state index contributed by atoms with van der Waals surface area (Å²) in [5.41, 5.74) is 1.94. The first-order valence-corrected chi connectivity index (χ1v) is 9.94. The van der Waals surface area contributed by atoms with Gasteiger partial charge in [-0.1, -0.05) is 83.8 Å². The summed E-state index contributed by atoms with van der Waals surface area (Å²) in [6, 6.07) is 20.2. The molecule has 1 N–H and O–H groups in total. The van der Waals surface area contributed by atoms with Gasteiger partial charge in [-0.2, -0.15) is 0 Å². The fraction of sp³-hybridized carbons (Fsp3) is 0.211. The number of rotatable bonds is 6. The summed E-state index contributed by atoms with van der Waals surface area (Å²) in [6.45, 7) is 0. The zero-order chi connectivity index (χ0) is 17.1. The van der Waals surface area contributed by atoms with E-state index in [-0.39, 0.29) is 11.3 Å². The molecule has 0 spiro atoms. The number of hydrogen-bond donors (Lipinski definition) is 1. The van der Waals surface area contributed by atoms with E-state index in [1.165, 1.54) is 16.9 Å². The van der Waals surface area contributed by atoms with Crippen molar-refractivity contribution in [2.75, 3.05) is 5.32 Å². The second kappa shape index (κ2) is 6.98. The first-order chi connectivity index (χ1) is 12.3. The molecule has 2 aromatic carbocycles. The van der Waals surface area contributed by atoms with Crippen LogP contribution in [0, 0.1) is 0 Å². The molecular weight excluding hydrogens is 350 g/mol. The average Bonchev–Trinajstić information content (AvgIpc) is 3.37. The monoisotopic (exact) mass is 367 g/mol. The van der Waals surface area contributed by atoms with Gasteiger partial charge in [0.05, 0.1) is 5.41 Å². The molecule has 0 radical (unpaired) electrons. The molecule has 4 nitrogen and oxygen atoms in total. The third kappa shape index (κ3) is 3.60. The molecule has 1 heterocycles. The molecule has 0 atom stereocenters. The standard InChI is InChI=1S/C19H17N3OS2/c23-16(19(11-12-19)15-9-5-2-6-10-15)20-17-21-22-18(25-17)24-13-14-7-3-1-4-8-14/h1-10H,11-13H2,(H,20,21,23). The fourth-order valence-corrected chi connectivity index (χ4v) is 4.49. The number of aromatic nitrogens is 2. The number of carbonyl (C=O) groups is 1. The summed E-state index contributed by atoms with van der Waals surface area (Å²) in [5, 5.41) is 11.8. The SMILES string of the molecule is O=C(Nc1nnc(SCc2ccccc2)s1)C1(c2ccccc2)CC1. The Morgan fingerprint density at radius 1 is 1.04 bits per heavy atom. The Morgan fingerprint density at radius 2 is 1.72 bits per heavy atom. The molecule has 1 aliphatic rings. The maximum Gasteiger partial charge on any atom is 0.236 e. The largest absolute Gasteiger partial charge is 0.300 e. The van der Waals surface area contributed by atoms with Crippen LogP contribution in [-0.2, 0) is 16.0 Å². The summed E-state index contributed by atoms with van der Waals surface area (Å²) in [5.74, 6) is 0.867. The number of carbonyl (C=O) groups excluding carboxylic acids is 1. The second-order valence-corrected chi connectivity index (χ2v) is 8.25. The molecule has 6 heteroatoms. The number of thioether (sulfide) groups is 1. The summed E-state index contributed by atoms with van der Waals surface area (Å²) in [7, 11) is 0. The Labute approximate surface area is 154 Å². The fourth-order valence-electron chi connectivity index (χ4n) is 2.78. The lowest BCUT2D eigenvalue weighted by molar-refractivity contribution is -0.118. The lowest BCUT2D eigenvalue weighted by Crippen LogP contribution is -2.27. The zero-order valence-corrected chi connectivity index (χ0v) is 15.1. The lowest BCUT2D eigenvalue weighted by Gasteiger charge is -2.13. The molecule has 1 aliphatic carbocycles. The number of hydrogen-bond acceptors (Lipinski definition) is 5. The Morgan fingerprint density at radius 3 is 2.40 bits per heavy atom. The molecule has 1 fully saturated rings. The van der Waals surface area contributed by atoms with E-state index in [1.807, 2.05) is 48.5 Å². The third-order valence-electron chi connectivity index (χ3n) is 4.34. The van der Waals surface area contributed by atoms with Gasteiger partial charge in [0.2, 0.25) is 11.0 Å². The molecule has 0 unspecified atom stereocenters. The van der Waals surface area contributed by atoms with Crippen LogP contribution in [0.2, 0.25) is 0 Å². The van der Waals surface area contributed by atoms with Crippen LogP contribution < -0.4 is 5.32 Å². The van der Waals surface area contributed by atoms with Crippen LogP contribution in [0.5, 0.6) is 0 Å². The number of nitrogens with zero attached hydrogens (tertiary/aromatic N) is 2. The second-order valence-electron chi connectivity index (χ2n) is 6.05. The van der Waals surface area contributed by atoms with Gasteiger partial charge in [-0.25, -0.2) is 0 Å². The normalized spacial score (nSPS) is 14.9. The topological polar surface area (TPSA) is 54.9 Å². The molecule has 1 aromatic heterocycles. The molecule has 0 bridgehead atoms. The number of anilines is 1. The van der Waals surface area contributed by atoms with Crippen molar-refractivity contribution in [2.24, 2.45) is 0 Å². The minimum atomic E-state index is -0.385. The van der Waals surface area contributed by atoms with Crippen molar-refractivity contribution in [1.29, 1.82) is 0 Å². The van der Waals surface area contributed by atoms with Gasteiger partial charge in [-0.05, 0) is 24.0 Å². The predicted octanol–water partition coefficient (Wildman–Crippen LogP) is 4.50. The van der Waals surface area contributed by atoms with Gasteiger partial charge in [-0.3, -0.25) is 10.1 Å². The van der Waals surface area contributed by atoms with E-state index >= 15 is 0 Å². The van der Waals surface area contributed by atoms with Crippen molar-refractivity contribution in [3.8, 4) is 0 Å². The maximum atomic E-state index is 12.7. The highest BCUT2D eigenvalue weighted by molar-refractivity contribution is 8.00. The van der Waals surface area contributed by atoms with Gasteiger partial charge in [0, 0.05) is 5.75 Å². The van der Waals surface area contributed by atoms with Gasteiger partial charge < -0.3 is 0 Å². The molecule has 0 saturated heterocycles. The smallest absolute Gasteiger partial charge is 0.236 e. The van der Waals surface area contributed by atoms with Gasteiger partial charge >= 0.3 is 0 Å². The van der Waals surface area contributed by atoms with Crippen LogP contribution in [0.3, 0.4) is 0 Å². The summed E-state index contributed by atoms with van der Waals surface area (Å²) < 4.78 is 0.865. The summed E-state index contributed by atoms with van der Waals surface area (Å²) >= 11 is 3.06. The van der Waals surface area contributed by atoms with Gasteiger partial charge in [0.25, 0.3) is 0 Å². The molecule has 25 heavy (non-hydrogen) atoms. The van der Waals surface area contributed by atoms with Crippen molar-refractivity contribution in [1.82, 2.24) is 10.2 Å². The van der Waals surface area contributed by atoms with E-state index in [0.717, 1.165) is 28.5 Å². The van der Waals surface area contributed by atoms with Gasteiger partial charge in [0.1, 0.15) is 0 Å². The van der Waals surface area contributed by atoms with E-state index in [0.29, 0.717) is 5.13 Å². The molecule has 3 aromatic rings. The van der Waals surface area contributed by atoms with E-state index in [4.69, 9.17) is 0 Å².